The summed E-state index contributed by atoms with van der Waals surface area (Å²) >= 11 is 0. The fourth-order valence-corrected chi connectivity index (χ4v) is 9.09. The van der Waals surface area contributed by atoms with Gasteiger partial charge in [0.1, 0.15) is 12.2 Å². The molecular formula is C21H34O11S2. The molecule has 0 saturated heterocycles. The Kier molecular flexibility index (Phi) is 6.55. The molecule has 4 rings (SSSR count). The molecule has 0 aliphatic heterocycles. The van der Waals surface area contributed by atoms with Crippen LogP contribution in [0.3, 0.4) is 0 Å². The molecule has 0 aromatic rings. The van der Waals surface area contributed by atoms with Gasteiger partial charge in [-0.15, -0.1) is 0 Å². The van der Waals surface area contributed by atoms with Crippen LogP contribution in [-0.4, -0.2) is 66.4 Å². The third-order valence-electron chi connectivity index (χ3n) is 9.76. The number of hydrogen-bond donors (Lipinski definition) is 4. The van der Waals surface area contributed by atoms with Crippen molar-refractivity contribution in [1.82, 2.24) is 0 Å². The Bertz CT molecular complexity index is 1040. The summed E-state index contributed by atoms with van der Waals surface area (Å²) in [7, 11) is -9.38. The third kappa shape index (κ3) is 4.36. The average Bonchev–Trinajstić information content (AvgIpc) is 2.96. The molecule has 0 unspecified atom stereocenters. The highest BCUT2D eigenvalue weighted by molar-refractivity contribution is 7.81. The van der Waals surface area contributed by atoms with Crippen LogP contribution in [-0.2, 0) is 34.0 Å². The molecule has 4 fully saturated rings. The maximum Gasteiger partial charge on any atom is 0.397 e. The molecule has 0 amide bonds. The number of aliphatic hydroxyl groups excluding tert-OH is 1. The van der Waals surface area contributed by atoms with Gasteiger partial charge in [0, 0.05) is 5.41 Å². The fourth-order valence-electron chi connectivity index (χ4n) is 8.31. The molecule has 4 saturated carbocycles. The van der Waals surface area contributed by atoms with Crippen LogP contribution in [0.1, 0.15) is 65.2 Å². The first-order chi connectivity index (χ1) is 15.5. The van der Waals surface area contributed by atoms with Crippen molar-refractivity contribution in [2.75, 3.05) is 6.61 Å². The summed E-state index contributed by atoms with van der Waals surface area (Å²) in [5.74, 6) is -0.895. The van der Waals surface area contributed by atoms with Crippen LogP contribution in [0.2, 0.25) is 0 Å². The first kappa shape index (κ1) is 26.4. The second kappa shape index (κ2) is 8.44. The minimum absolute atomic E-state index is 0.0263. The van der Waals surface area contributed by atoms with E-state index >= 15 is 0 Å². The number of Topliss-reactive ketones (excluding diaryl/α,β-unsaturated/α-hetero) is 1. The van der Waals surface area contributed by atoms with Crippen molar-refractivity contribution in [3.05, 3.63) is 0 Å². The molecule has 0 heterocycles. The van der Waals surface area contributed by atoms with Gasteiger partial charge in [0.15, 0.2) is 5.78 Å². The number of aliphatic hydroxyl groups is 2. The van der Waals surface area contributed by atoms with Crippen molar-refractivity contribution in [2.45, 2.75) is 83.0 Å². The van der Waals surface area contributed by atoms with Gasteiger partial charge in [-0.05, 0) is 80.5 Å². The Labute approximate surface area is 200 Å². The van der Waals surface area contributed by atoms with E-state index < -0.39 is 56.4 Å². The SMILES string of the molecule is C[C@]12CC[C@@H](OS(=O)(=O)O)C[C@@H]1CC[C@@H]1[C@@H]2[C@@H](O)C[C@@]2(C)[C@H]1CC[C@]2(O)C(=O)COS(=O)(=O)O. The first-order valence-electron chi connectivity index (χ1n) is 11.7. The molecule has 4 aliphatic rings. The molecule has 4 aliphatic carbocycles. The minimum atomic E-state index is -4.84. The number of carbonyl (C=O) groups excluding carboxylic acids is 1. The first-order valence-corrected chi connectivity index (χ1v) is 14.4. The van der Waals surface area contributed by atoms with Gasteiger partial charge < -0.3 is 10.2 Å². The van der Waals surface area contributed by atoms with Gasteiger partial charge in [0.05, 0.1) is 12.2 Å². The van der Waals surface area contributed by atoms with Gasteiger partial charge in [-0.25, -0.2) is 8.37 Å². The van der Waals surface area contributed by atoms with Gasteiger partial charge in [-0.1, -0.05) is 13.8 Å². The van der Waals surface area contributed by atoms with Crippen LogP contribution in [0.5, 0.6) is 0 Å². The average molecular weight is 527 g/mol. The van der Waals surface area contributed by atoms with E-state index in [9.17, 15) is 31.8 Å². The Morgan fingerprint density at radius 2 is 1.68 bits per heavy atom. The number of rotatable bonds is 6. The zero-order valence-corrected chi connectivity index (χ0v) is 20.9. The summed E-state index contributed by atoms with van der Waals surface area (Å²) in [6, 6.07) is 0. The summed E-state index contributed by atoms with van der Waals surface area (Å²) in [5, 5.41) is 22.8. The van der Waals surface area contributed by atoms with Crippen LogP contribution in [0, 0.1) is 34.5 Å². The van der Waals surface area contributed by atoms with Gasteiger partial charge >= 0.3 is 20.8 Å². The minimum Gasteiger partial charge on any atom is -0.393 e. The summed E-state index contributed by atoms with van der Waals surface area (Å²) in [4.78, 5) is 12.9. The van der Waals surface area contributed by atoms with Crippen molar-refractivity contribution in [3.8, 4) is 0 Å². The van der Waals surface area contributed by atoms with E-state index in [2.05, 4.69) is 11.1 Å². The predicted molar refractivity (Wildman–Crippen MR) is 117 cm³/mol. The van der Waals surface area contributed by atoms with E-state index in [1.807, 2.05) is 0 Å². The number of fused-ring (bicyclic) bond motifs is 5. The summed E-state index contributed by atoms with van der Waals surface area (Å²) in [6.45, 7) is 2.90. The van der Waals surface area contributed by atoms with Crippen molar-refractivity contribution in [2.24, 2.45) is 34.5 Å². The Morgan fingerprint density at radius 3 is 2.29 bits per heavy atom. The van der Waals surface area contributed by atoms with E-state index in [0.717, 1.165) is 12.8 Å². The van der Waals surface area contributed by atoms with E-state index in [4.69, 9.17) is 13.3 Å². The Morgan fingerprint density at radius 1 is 1.00 bits per heavy atom. The lowest BCUT2D eigenvalue weighted by Crippen LogP contribution is -2.63. The normalized spacial score (nSPS) is 46.9. The monoisotopic (exact) mass is 526 g/mol. The molecule has 34 heavy (non-hydrogen) atoms. The molecule has 13 heteroatoms. The standard InChI is InChI=1S/C21H34O11S2/c1-19-7-5-13(32-34(28,29)30)9-12(19)3-4-14-15-6-8-21(24,17(23)11-31-33(25,26)27)20(15,2)10-16(22)18(14)19/h12-16,18,22,24H,3-11H2,1-2H3,(H,25,26,27)(H,28,29,30)/t12-,13+,14-,15-,16-,18+,19-,20-,21-/m0/s1. The van der Waals surface area contributed by atoms with Gasteiger partial charge in [0.2, 0.25) is 0 Å². The summed E-state index contributed by atoms with van der Waals surface area (Å²) in [5.41, 5.74) is -3.16. The topological polar surface area (TPSA) is 185 Å². The molecule has 9 atom stereocenters. The maximum atomic E-state index is 12.9. The van der Waals surface area contributed by atoms with Crippen molar-refractivity contribution in [3.63, 3.8) is 0 Å². The summed E-state index contributed by atoms with van der Waals surface area (Å²) in [6.07, 6.45) is 2.38. The van der Waals surface area contributed by atoms with E-state index in [-0.39, 0.29) is 41.9 Å². The molecule has 0 bridgehead atoms. The number of ketones is 1. The highest BCUT2D eigenvalue weighted by Crippen LogP contribution is 2.68. The fraction of sp³-hybridized carbons (Fsp3) is 0.952. The van der Waals surface area contributed by atoms with Crippen LogP contribution < -0.4 is 0 Å². The molecule has 4 N–H and O–H groups in total. The number of carbonyl (C=O) groups is 1. The molecule has 11 nitrogen and oxygen atoms in total. The zero-order chi connectivity index (χ0) is 25.3. The molecule has 196 valence electrons. The molecule has 0 radical (unpaired) electrons. The maximum absolute atomic E-state index is 12.9. The highest BCUT2D eigenvalue weighted by Gasteiger charge is 2.68. The van der Waals surface area contributed by atoms with Gasteiger partial charge in [0.25, 0.3) is 0 Å². The quantitative estimate of drug-likeness (QED) is 0.366. The van der Waals surface area contributed by atoms with Crippen molar-refractivity contribution < 1.29 is 49.3 Å². The molecule has 0 aromatic heterocycles. The lowest BCUT2D eigenvalue weighted by atomic mass is 9.43. The largest absolute Gasteiger partial charge is 0.397 e. The van der Waals surface area contributed by atoms with Crippen LogP contribution >= 0.6 is 0 Å². The van der Waals surface area contributed by atoms with Gasteiger partial charge in [-0.3, -0.25) is 13.9 Å². The number of hydrogen-bond acceptors (Lipinski definition) is 9. The second-order valence-corrected chi connectivity index (χ2v) is 13.3. The Hall–Kier alpha value is -0.670. The van der Waals surface area contributed by atoms with E-state index in [0.29, 0.717) is 25.7 Å². The molecule has 0 spiro atoms. The van der Waals surface area contributed by atoms with Crippen LogP contribution in [0.4, 0.5) is 0 Å². The summed E-state index contributed by atoms with van der Waals surface area (Å²) < 4.78 is 71.2. The smallest absolute Gasteiger partial charge is 0.393 e. The van der Waals surface area contributed by atoms with E-state index in [1.54, 1.807) is 6.92 Å². The van der Waals surface area contributed by atoms with Crippen molar-refractivity contribution >= 4 is 26.6 Å². The molecular weight excluding hydrogens is 492 g/mol. The highest BCUT2D eigenvalue weighted by atomic mass is 32.3. The lowest BCUT2D eigenvalue weighted by molar-refractivity contribution is -0.201. The van der Waals surface area contributed by atoms with Crippen molar-refractivity contribution in [1.29, 1.82) is 0 Å². The predicted octanol–water partition coefficient (Wildman–Crippen LogP) is 1.31. The van der Waals surface area contributed by atoms with Gasteiger partial charge in [-0.2, -0.15) is 16.8 Å². The Balaban J connectivity index is 1.56. The lowest BCUT2D eigenvalue weighted by Gasteiger charge is -2.62. The van der Waals surface area contributed by atoms with E-state index in [1.165, 1.54) is 0 Å². The zero-order valence-electron chi connectivity index (χ0n) is 19.3. The van der Waals surface area contributed by atoms with Crippen LogP contribution in [0.15, 0.2) is 0 Å². The second-order valence-electron chi connectivity index (χ2n) is 11.2. The third-order valence-corrected chi connectivity index (χ3v) is 10.7. The van der Waals surface area contributed by atoms with Crippen LogP contribution in [0.25, 0.3) is 0 Å². The molecule has 0 aromatic carbocycles.